The fourth-order valence-corrected chi connectivity index (χ4v) is 2.62. The molecule has 1 unspecified atom stereocenters. The Kier molecular flexibility index (Phi) is 5.15. The second-order valence-corrected chi connectivity index (χ2v) is 5.41. The van der Waals surface area contributed by atoms with Crippen LogP contribution in [-0.2, 0) is 11.3 Å². The van der Waals surface area contributed by atoms with Crippen LogP contribution < -0.4 is 10.6 Å². The molecule has 1 heterocycles. The summed E-state index contributed by atoms with van der Waals surface area (Å²) in [5.74, 6) is 0. The molecule has 2 rings (SSSR count). The van der Waals surface area contributed by atoms with Gasteiger partial charge in [0.05, 0.1) is 12.6 Å². The third-order valence-electron chi connectivity index (χ3n) is 2.88. The quantitative estimate of drug-likeness (QED) is 0.880. The Bertz CT molecular complexity index is 555. The molecule has 0 fully saturated rings. The van der Waals surface area contributed by atoms with Crippen molar-refractivity contribution in [1.82, 2.24) is 5.32 Å². The first kappa shape index (κ1) is 14.6. The summed E-state index contributed by atoms with van der Waals surface area (Å²) in [6, 6.07) is 11.4. The van der Waals surface area contributed by atoms with Gasteiger partial charge in [-0.15, -0.1) is 11.3 Å². The maximum Gasteiger partial charge on any atom is 0.319 e. The number of para-hydroxylation sites is 1. The Morgan fingerprint density at radius 2 is 2.10 bits per heavy atom. The number of ether oxygens (including phenoxy) is 1. The molecule has 20 heavy (non-hydrogen) atoms. The minimum Gasteiger partial charge on any atom is -0.380 e. The van der Waals surface area contributed by atoms with Crippen molar-refractivity contribution in [2.45, 2.75) is 19.6 Å². The second kappa shape index (κ2) is 7.07. The van der Waals surface area contributed by atoms with Crippen LogP contribution in [0.3, 0.4) is 0 Å². The van der Waals surface area contributed by atoms with Gasteiger partial charge in [-0.05, 0) is 24.4 Å². The summed E-state index contributed by atoms with van der Waals surface area (Å²) in [7, 11) is 1.63. The smallest absolute Gasteiger partial charge is 0.319 e. The van der Waals surface area contributed by atoms with Crippen LogP contribution in [0.4, 0.5) is 10.5 Å². The average molecular weight is 290 g/mol. The zero-order valence-electron chi connectivity index (χ0n) is 11.6. The van der Waals surface area contributed by atoms with Crippen molar-refractivity contribution in [3.8, 4) is 0 Å². The van der Waals surface area contributed by atoms with Crippen LogP contribution in [0.5, 0.6) is 0 Å². The molecule has 1 aromatic carbocycles. The van der Waals surface area contributed by atoms with Gasteiger partial charge in [-0.1, -0.05) is 24.3 Å². The molecule has 1 aromatic heterocycles. The van der Waals surface area contributed by atoms with Gasteiger partial charge in [0, 0.05) is 23.2 Å². The van der Waals surface area contributed by atoms with Crippen LogP contribution in [-0.4, -0.2) is 13.1 Å². The highest BCUT2D eigenvalue weighted by Crippen LogP contribution is 2.19. The molecule has 0 radical (unpaired) electrons. The van der Waals surface area contributed by atoms with E-state index in [2.05, 4.69) is 10.6 Å². The predicted molar refractivity (Wildman–Crippen MR) is 82.0 cm³/mol. The van der Waals surface area contributed by atoms with E-state index in [1.54, 1.807) is 18.4 Å². The minimum absolute atomic E-state index is 0.00964. The fraction of sp³-hybridized carbons (Fsp3) is 0.267. The summed E-state index contributed by atoms with van der Waals surface area (Å²) in [5.41, 5.74) is 1.72. The van der Waals surface area contributed by atoms with Gasteiger partial charge in [0.25, 0.3) is 0 Å². The first-order valence-corrected chi connectivity index (χ1v) is 7.26. The van der Waals surface area contributed by atoms with Gasteiger partial charge in [0.1, 0.15) is 0 Å². The van der Waals surface area contributed by atoms with Crippen molar-refractivity contribution in [3.63, 3.8) is 0 Å². The van der Waals surface area contributed by atoms with Gasteiger partial charge in [0.15, 0.2) is 0 Å². The summed E-state index contributed by atoms with van der Waals surface area (Å²) < 4.78 is 5.12. The first-order valence-electron chi connectivity index (χ1n) is 6.38. The standard InChI is InChI=1S/C15H18N2O2S/c1-11(14-8-5-9-20-14)16-15(18)17-13-7-4-3-6-12(13)10-19-2/h3-9,11H,10H2,1-2H3,(H2,16,17,18). The molecular weight excluding hydrogens is 272 g/mol. The van der Waals surface area contributed by atoms with E-state index >= 15 is 0 Å². The molecule has 2 aromatic rings. The number of anilines is 1. The fourth-order valence-electron chi connectivity index (χ4n) is 1.89. The summed E-state index contributed by atoms with van der Waals surface area (Å²) >= 11 is 1.63. The highest BCUT2D eigenvalue weighted by atomic mass is 32.1. The monoisotopic (exact) mass is 290 g/mol. The average Bonchev–Trinajstić information content (AvgIpc) is 2.95. The zero-order chi connectivity index (χ0) is 14.4. The highest BCUT2D eigenvalue weighted by Gasteiger charge is 2.11. The number of thiophene rings is 1. The summed E-state index contributed by atoms with van der Waals surface area (Å²) in [6.07, 6.45) is 0. The SMILES string of the molecule is COCc1ccccc1NC(=O)NC(C)c1cccs1. The van der Waals surface area contributed by atoms with E-state index in [9.17, 15) is 4.79 Å². The first-order chi connectivity index (χ1) is 9.70. The molecule has 0 bridgehead atoms. The number of amides is 2. The summed E-state index contributed by atoms with van der Waals surface area (Å²) in [4.78, 5) is 13.1. The van der Waals surface area contributed by atoms with E-state index in [-0.39, 0.29) is 12.1 Å². The molecule has 0 saturated carbocycles. The molecule has 0 aliphatic carbocycles. The van der Waals surface area contributed by atoms with Crippen molar-refractivity contribution in [1.29, 1.82) is 0 Å². The molecule has 2 amide bonds. The van der Waals surface area contributed by atoms with Crippen molar-refractivity contribution in [3.05, 3.63) is 52.2 Å². The molecule has 0 aliphatic heterocycles. The third-order valence-corrected chi connectivity index (χ3v) is 3.94. The molecule has 4 nitrogen and oxygen atoms in total. The van der Waals surface area contributed by atoms with Gasteiger partial charge in [-0.25, -0.2) is 4.79 Å². The zero-order valence-corrected chi connectivity index (χ0v) is 12.4. The van der Waals surface area contributed by atoms with E-state index < -0.39 is 0 Å². The Balaban J connectivity index is 1.98. The Labute approximate surface area is 122 Å². The maximum atomic E-state index is 12.0. The number of rotatable bonds is 5. The third kappa shape index (κ3) is 3.82. The highest BCUT2D eigenvalue weighted by molar-refractivity contribution is 7.10. The number of methoxy groups -OCH3 is 1. The lowest BCUT2D eigenvalue weighted by Gasteiger charge is -2.15. The molecule has 1 atom stereocenters. The number of carbonyl (C=O) groups excluding carboxylic acids is 1. The molecular formula is C15H18N2O2S. The number of hydrogen-bond donors (Lipinski definition) is 2. The van der Waals surface area contributed by atoms with E-state index in [0.29, 0.717) is 6.61 Å². The van der Waals surface area contributed by atoms with Gasteiger partial charge in [-0.3, -0.25) is 0 Å². The normalized spacial score (nSPS) is 11.9. The minimum atomic E-state index is -0.213. The lowest BCUT2D eigenvalue weighted by atomic mass is 10.2. The predicted octanol–water partition coefficient (Wildman–Crippen LogP) is 3.78. The topological polar surface area (TPSA) is 50.4 Å². The molecule has 0 saturated heterocycles. The molecule has 106 valence electrons. The van der Waals surface area contributed by atoms with Crippen molar-refractivity contribution >= 4 is 23.1 Å². The van der Waals surface area contributed by atoms with Gasteiger partial charge in [0.2, 0.25) is 0 Å². The number of carbonyl (C=O) groups is 1. The van der Waals surface area contributed by atoms with Crippen LogP contribution >= 0.6 is 11.3 Å². The molecule has 0 aliphatic rings. The number of benzene rings is 1. The molecule has 2 N–H and O–H groups in total. The Morgan fingerprint density at radius 3 is 2.80 bits per heavy atom. The number of nitrogens with one attached hydrogen (secondary N) is 2. The van der Waals surface area contributed by atoms with Crippen molar-refractivity contribution in [2.24, 2.45) is 0 Å². The Hall–Kier alpha value is -1.85. The van der Waals surface area contributed by atoms with E-state index in [1.807, 2.05) is 48.7 Å². The van der Waals surface area contributed by atoms with Crippen LogP contribution in [0.2, 0.25) is 0 Å². The second-order valence-electron chi connectivity index (χ2n) is 4.43. The lowest BCUT2D eigenvalue weighted by Crippen LogP contribution is -2.31. The summed E-state index contributed by atoms with van der Waals surface area (Å²) in [6.45, 7) is 2.43. The maximum absolute atomic E-state index is 12.0. The van der Waals surface area contributed by atoms with Crippen molar-refractivity contribution in [2.75, 3.05) is 12.4 Å². The molecule has 5 heteroatoms. The van der Waals surface area contributed by atoms with Crippen LogP contribution in [0, 0.1) is 0 Å². The lowest BCUT2D eigenvalue weighted by molar-refractivity contribution is 0.185. The van der Waals surface area contributed by atoms with Gasteiger partial charge >= 0.3 is 6.03 Å². The largest absolute Gasteiger partial charge is 0.380 e. The van der Waals surface area contributed by atoms with Crippen LogP contribution in [0.1, 0.15) is 23.4 Å². The Morgan fingerprint density at radius 1 is 1.30 bits per heavy atom. The molecule has 0 spiro atoms. The summed E-state index contributed by atoms with van der Waals surface area (Å²) in [5, 5.41) is 7.78. The van der Waals surface area contributed by atoms with Gasteiger partial charge in [-0.2, -0.15) is 0 Å². The van der Waals surface area contributed by atoms with E-state index in [4.69, 9.17) is 4.74 Å². The number of urea groups is 1. The van der Waals surface area contributed by atoms with E-state index in [0.717, 1.165) is 16.1 Å². The van der Waals surface area contributed by atoms with Crippen LogP contribution in [0.15, 0.2) is 41.8 Å². The van der Waals surface area contributed by atoms with Crippen LogP contribution in [0.25, 0.3) is 0 Å². The van der Waals surface area contributed by atoms with Crippen molar-refractivity contribution < 1.29 is 9.53 Å². The van der Waals surface area contributed by atoms with Gasteiger partial charge < -0.3 is 15.4 Å². The number of hydrogen-bond acceptors (Lipinski definition) is 3. The van der Waals surface area contributed by atoms with E-state index in [1.165, 1.54) is 0 Å².